The van der Waals surface area contributed by atoms with Crippen molar-refractivity contribution in [2.24, 2.45) is 12.5 Å². The first-order chi connectivity index (χ1) is 13.4. The minimum absolute atomic E-state index is 0.0610. The third kappa shape index (κ3) is 2.99. The van der Waals surface area contributed by atoms with E-state index >= 15 is 0 Å². The number of carbonyl (C=O) groups is 2. The maximum Gasteiger partial charge on any atom is 0.272 e. The average molecular weight is 382 g/mol. The fourth-order valence-corrected chi connectivity index (χ4v) is 4.76. The molecule has 7 heteroatoms. The largest absolute Gasteiger partial charge is 0.391 e. The molecule has 0 radical (unpaired) electrons. The topological polar surface area (TPSA) is 78.7 Å². The van der Waals surface area contributed by atoms with Crippen molar-refractivity contribution in [3.8, 4) is 0 Å². The first-order valence-corrected chi connectivity index (χ1v) is 9.70. The number of benzene rings is 1. The highest BCUT2D eigenvalue weighted by atomic mass is 16.3. The second-order valence-corrected chi connectivity index (χ2v) is 7.96. The number of aryl methyl sites for hydroxylation is 1. The quantitative estimate of drug-likeness (QED) is 0.856. The Hall–Kier alpha value is -2.67. The fraction of sp³-hybridized carbons (Fsp3) is 0.476. The number of aliphatic hydroxyl groups is 1. The molecule has 0 bridgehead atoms. The van der Waals surface area contributed by atoms with Crippen molar-refractivity contribution in [1.29, 1.82) is 0 Å². The maximum atomic E-state index is 13.3. The van der Waals surface area contributed by atoms with Crippen LogP contribution in [0, 0.1) is 5.41 Å². The van der Waals surface area contributed by atoms with Crippen molar-refractivity contribution < 1.29 is 14.7 Å². The van der Waals surface area contributed by atoms with Gasteiger partial charge in [0.05, 0.1) is 17.6 Å². The number of likely N-dealkylation sites (tertiary alicyclic amines) is 2. The van der Waals surface area contributed by atoms with Gasteiger partial charge < -0.3 is 14.9 Å². The molecule has 7 nitrogen and oxygen atoms in total. The molecule has 2 aliphatic rings. The van der Waals surface area contributed by atoms with Crippen molar-refractivity contribution in [3.63, 3.8) is 0 Å². The van der Waals surface area contributed by atoms with E-state index in [0.717, 1.165) is 5.56 Å². The van der Waals surface area contributed by atoms with Crippen LogP contribution in [0.3, 0.4) is 0 Å². The summed E-state index contributed by atoms with van der Waals surface area (Å²) in [5.74, 6) is 0.00783. The van der Waals surface area contributed by atoms with Crippen molar-refractivity contribution in [2.45, 2.75) is 31.4 Å². The molecule has 3 heterocycles. The third-order valence-corrected chi connectivity index (χ3v) is 6.34. The molecule has 2 aliphatic heterocycles. The second kappa shape index (κ2) is 7.05. The SMILES string of the molecule is CN1C(=O)C2(CCN(C(=O)c3ccnn3C)CC2)C[C@@H](O)[C@@H]1c1ccccc1. The minimum atomic E-state index is -0.621. The normalized spacial score (nSPS) is 24.6. The van der Waals surface area contributed by atoms with Crippen LogP contribution in [0.5, 0.6) is 0 Å². The zero-order valence-corrected chi connectivity index (χ0v) is 16.3. The van der Waals surface area contributed by atoms with Crippen LogP contribution in [0.2, 0.25) is 0 Å². The standard InChI is InChI=1S/C21H26N4O3/c1-23-18(15-6-4-3-5-7-15)17(26)14-21(20(23)28)9-12-25(13-10-21)19(27)16-8-11-22-24(16)2/h3-8,11,17-18,26H,9-10,12-14H2,1-2H3/t17-,18+/m1/s1. The van der Waals surface area contributed by atoms with Crippen LogP contribution in [0.25, 0.3) is 0 Å². The Morgan fingerprint density at radius 2 is 1.82 bits per heavy atom. The number of aromatic nitrogens is 2. The zero-order valence-electron chi connectivity index (χ0n) is 16.3. The van der Waals surface area contributed by atoms with E-state index < -0.39 is 11.5 Å². The van der Waals surface area contributed by atoms with Crippen LogP contribution in [0.15, 0.2) is 42.6 Å². The molecule has 1 N–H and O–H groups in total. The molecule has 28 heavy (non-hydrogen) atoms. The number of aliphatic hydroxyl groups excluding tert-OH is 1. The van der Waals surface area contributed by atoms with E-state index in [1.54, 1.807) is 40.8 Å². The lowest BCUT2D eigenvalue weighted by atomic mass is 9.68. The molecule has 0 unspecified atom stereocenters. The number of amides is 2. The van der Waals surface area contributed by atoms with Crippen molar-refractivity contribution >= 4 is 11.8 Å². The fourth-order valence-electron chi connectivity index (χ4n) is 4.76. The highest BCUT2D eigenvalue weighted by Gasteiger charge is 2.51. The van der Waals surface area contributed by atoms with E-state index in [0.29, 0.717) is 38.0 Å². The predicted molar refractivity (Wildman–Crippen MR) is 103 cm³/mol. The Morgan fingerprint density at radius 3 is 2.43 bits per heavy atom. The molecule has 2 fully saturated rings. The lowest BCUT2D eigenvalue weighted by molar-refractivity contribution is -0.161. The van der Waals surface area contributed by atoms with Gasteiger partial charge in [-0.1, -0.05) is 30.3 Å². The Balaban J connectivity index is 1.49. The van der Waals surface area contributed by atoms with Gasteiger partial charge in [0.15, 0.2) is 0 Å². The number of nitrogens with zero attached hydrogens (tertiary/aromatic N) is 4. The van der Waals surface area contributed by atoms with Crippen molar-refractivity contribution in [3.05, 3.63) is 53.9 Å². The highest BCUT2D eigenvalue weighted by molar-refractivity contribution is 5.93. The molecule has 148 valence electrons. The van der Waals surface area contributed by atoms with Crippen molar-refractivity contribution in [2.75, 3.05) is 20.1 Å². The van der Waals surface area contributed by atoms with E-state index in [9.17, 15) is 14.7 Å². The third-order valence-electron chi connectivity index (χ3n) is 6.34. The molecule has 0 aliphatic carbocycles. The number of carbonyl (C=O) groups excluding carboxylic acids is 2. The first kappa shape index (κ1) is 18.7. The molecule has 1 aromatic heterocycles. The van der Waals surface area contributed by atoms with Gasteiger partial charge in [-0.2, -0.15) is 5.10 Å². The van der Waals surface area contributed by atoms with Gasteiger partial charge in [0.2, 0.25) is 5.91 Å². The summed E-state index contributed by atoms with van der Waals surface area (Å²) in [5.41, 5.74) is 0.902. The Kier molecular flexibility index (Phi) is 4.71. The molecular weight excluding hydrogens is 356 g/mol. The summed E-state index contributed by atoms with van der Waals surface area (Å²) in [4.78, 5) is 29.5. The van der Waals surface area contributed by atoms with Gasteiger partial charge in [-0.3, -0.25) is 14.3 Å². The van der Waals surface area contributed by atoms with Crippen LogP contribution in [-0.4, -0.2) is 62.7 Å². The monoisotopic (exact) mass is 382 g/mol. The summed E-state index contributed by atoms with van der Waals surface area (Å²) in [7, 11) is 3.52. The Labute approximate surface area is 164 Å². The zero-order chi connectivity index (χ0) is 19.9. The molecule has 2 saturated heterocycles. The summed E-state index contributed by atoms with van der Waals surface area (Å²) >= 11 is 0. The van der Waals surface area contributed by atoms with E-state index in [1.807, 2.05) is 30.3 Å². The predicted octanol–water partition coefficient (Wildman–Crippen LogP) is 1.61. The van der Waals surface area contributed by atoms with E-state index in [-0.39, 0.29) is 17.9 Å². The smallest absolute Gasteiger partial charge is 0.272 e. The molecule has 4 rings (SSSR count). The summed E-state index contributed by atoms with van der Waals surface area (Å²) in [6.45, 7) is 1.01. The van der Waals surface area contributed by atoms with Crippen LogP contribution in [-0.2, 0) is 11.8 Å². The van der Waals surface area contributed by atoms with Gasteiger partial charge in [-0.15, -0.1) is 0 Å². The van der Waals surface area contributed by atoms with Gasteiger partial charge in [0.1, 0.15) is 5.69 Å². The highest BCUT2D eigenvalue weighted by Crippen LogP contribution is 2.46. The Morgan fingerprint density at radius 1 is 1.14 bits per heavy atom. The molecule has 2 aromatic rings. The maximum absolute atomic E-state index is 13.3. The number of hydrogen-bond donors (Lipinski definition) is 1. The molecule has 1 aromatic carbocycles. The van der Waals surface area contributed by atoms with Crippen LogP contribution >= 0.6 is 0 Å². The van der Waals surface area contributed by atoms with E-state index in [2.05, 4.69) is 5.10 Å². The van der Waals surface area contributed by atoms with E-state index in [4.69, 9.17) is 0 Å². The second-order valence-electron chi connectivity index (χ2n) is 7.96. The van der Waals surface area contributed by atoms with Gasteiger partial charge in [-0.25, -0.2) is 0 Å². The molecular formula is C21H26N4O3. The van der Waals surface area contributed by atoms with Crippen LogP contribution in [0.1, 0.15) is 41.4 Å². The number of rotatable bonds is 2. The molecule has 2 atom stereocenters. The summed E-state index contributed by atoms with van der Waals surface area (Å²) in [6.07, 6.45) is 2.56. The van der Waals surface area contributed by atoms with Gasteiger partial charge >= 0.3 is 0 Å². The summed E-state index contributed by atoms with van der Waals surface area (Å²) < 4.78 is 1.57. The minimum Gasteiger partial charge on any atom is -0.391 e. The summed E-state index contributed by atoms with van der Waals surface area (Å²) in [5, 5.41) is 15.0. The van der Waals surface area contributed by atoms with Crippen molar-refractivity contribution in [1.82, 2.24) is 19.6 Å². The van der Waals surface area contributed by atoms with Gasteiger partial charge in [0.25, 0.3) is 5.91 Å². The number of hydrogen-bond acceptors (Lipinski definition) is 4. The van der Waals surface area contributed by atoms with Gasteiger partial charge in [0, 0.05) is 33.4 Å². The van der Waals surface area contributed by atoms with Crippen LogP contribution in [0.4, 0.5) is 0 Å². The molecule has 2 amide bonds. The average Bonchev–Trinajstić information content (AvgIpc) is 3.13. The lowest BCUT2D eigenvalue weighted by Gasteiger charge is -2.50. The molecule has 1 spiro atoms. The Bertz CT molecular complexity index is 871. The molecule has 0 saturated carbocycles. The van der Waals surface area contributed by atoms with E-state index in [1.165, 1.54) is 0 Å². The summed E-state index contributed by atoms with van der Waals surface area (Å²) in [6, 6.07) is 11.1. The van der Waals surface area contributed by atoms with Crippen LogP contribution < -0.4 is 0 Å². The number of likely N-dealkylation sites (N-methyl/N-ethyl adjacent to an activating group) is 1. The number of piperidine rings is 2. The lowest BCUT2D eigenvalue weighted by Crippen LogP contribution is -2.58. The van der Waals surface area contributed by atoms with Gasteiger partial charge in [-0.05, 0) is 30.9 Å². The first-order valence-electron chi connectivity index (χ1n) is 9.70.